The minimum Gasteiger partial charge on any atom is -0.495 e. The zero-order valence-corrected chi connectivity index (χ0v) is 16.2. The van der Waals surface area contributed by atoms with E-state index in [0.717, 1.165) is 16.3 Å². The van der Waals surface area contributed by atoms with Crippen molar-refractivity contribution in [2.24, 2.45) is 0 Å². The van der Waals surface area contributed by atoms with Crippen LogP contribution < -0.4 is 10.1 Å². The number of nitrogens with one attached hydrogen (secondary N) is 1. The van der Waals surface area contributed by atoms with Crippen LogP contribution in [0.4, 0.5) is 0 Å². The van der Waals surface area contributed by atoms with Crippen molar-refractivity contribution in [3.63, 3.8) is 0 Å². The fraction of sp³-hybridized carbons (Fsp3) is 0.200. The minimum atomic E-state index is -0.163. The van der Waals surface area contributed by atoms with Crippen molar-refractivity contribution < 1.29 is 9.53 Å². The first-order chi connectivity index (χ1) is 12.6. The summed E-state index contributed by atoms with van der Waals surface area (Å²) in [6.45, 7) is 2.58. The first kappa shape index (κ1) is 18.4. The van der Waals surface area contributed by atoms with Crippen LogP contribution in [0.25, 0.3) is 10.6 Å². The predicted octanol–water partition coefficient (Wildman–Crippen LogP) is 4.75. The number of ether oxygens (including phenoxy) is 1. The second kappa shape index (κ2) is 8.34. The largest absolute Gasteiger partial charge is 0.495 e. The Labute approximate surface area is 161 Å². The quantitative estimate of drug-likeness (QED) is 0.664. The average molecular weight is 387 g/mol. The molecule has 1 amide bonds. The predicted molar refractivity (Wildman–Crippen MR) is 106 cm³/mol. The Balaban J connectivity index is 1.56. The molecule has 6 heteroatoms. The van der Waals surface area contributed by atoms with Gasteiger partial charge in [-0.1, -0.05) is 41.4 Å². The lowest BCUT2D eigenvalue weighted by Gasteiger charge is -2.07. The maximum absolute atomic E-state index is 12.2. The number of benzene rings is 2. The van der Waals surface area contributed by atoms with Crippen LogP contribution in [0.3, 0.4) is 0 Å². The molecule has 4 nitrogen and oxygen atoms in total. The summed E-state index contributed by atoms with van der Waals surface area (Å²) in [6.07, 6.45) is 0.679. The van der Waals surface area contributed by atoms with E-state index in [1.54, 1.807) is 36.6 Å². The van der Waals surface area contributed by atoms with Crippen molar-refractivity contribution >= 4 is 28.8 Å². The molecule has 0 bridgehead atoms. The second-order valence-electron chi connectivity index (χ2n) is 5.87. The van der Waals surface area contributed by atoms with Crippen LogP contribution in [-0.4, -0.2) is 24.5 Å². The van der Waals surface area contributed by atoms with Crippen molar-refractivity contribution in [1.29, 1.82) is 0 Å². The van der Waals surface area contributed by atoms with E-state index in [4.69, 9.17) is 16.3 Å². The van der Waals surface area contributed by atoms with Gasteiger partial charge in [0.15, 0.2) is 0 Å². The van der Waals surface area contributed by atoms with E-state index in [1.165, 1.54) is 5.56 Å². The highest BCUT2D eigenvalue weighted by atomic mass is 35.5. The van der Waals surface area contributed by atoms with E-state index < -0.39 is 0 Å². The number of rotatable bonds is 6. The number of halogens is 1. The highest BCUT2D eigenvalue weighted by Crippen LogP contribution is 2.25. The van der Waals surface area contributed by atoms with Crippen molar-refractivity contribution in [3.8, 4) is 16.3 Å². The molecule has 3 aromatic rings. The summed E-state index contributed by atoms with van der Waals surface area (Å²) in [6, 6.07) is 13.3. The molecule has 134 valence electrons. The van der Waals surface area contributed by atoms with Gasteiger partial charge in [-0.15, -0.1) is 11.3 Å². The van der Waals surface area contributed by atoms with Crippen LogP contribution in [-0.2, 0) is 6.42 Å². The second-order valence-corrected chi connectivity index (χ2v) is 7.13. The third-order valence-corrected chi connectivity index (χ3v) is 5.17. The van der Waals surface area contributed by atoms with Crippen LogP contribution in [0.1, 0.15) is 21.6 Å². The number of aryl methyl sites for hydroxylation is 1. The fourth-order valence-electron chi connectivity index (χ4n) is 2.46. The topological polar surface area (TPSA) is 51.2 Å². The summed E-state index contributed by atoms with van der Waals surface area (Å²) in [4.78, 5) is 16.9. The number of nitrogens with zero attached hydrogens (tertiary/aromatic N) is 1. The van der Waals surface area contributed by atoms with E-state index in [2.05, 4.69) is 41.5 Å². The molecule has 0 fully saturated rings. The number of methoxy groups -OCH3 is 1. The molecule has 0 aliphatic carbocycles. The Morgan fingerprint density at radius 1 is 1.23 bits per heavy atom. The number of carbonyl (C=O) groups is 1. The molecule has 0 radical (unpaired) electrons. The highest BCUT2D eigenvalue weighted by molar-refractivity contribution is 7.13. The monoisotopic (exact) mass is 386 g/mol. The maximum atomic E-state index is 12.2. The molecule has 0 saturated heterocycles. The van der Waals surface area contributed by atoms with Gasteiger partial charge in [-0.3, -0.25) is 4.79 Å². The van der Waals surface area contributed by atoms with E-state index in [9.17, 15) is 4.79 Å². The van der Waals surface area contributed by atoms with Crippen molar-refractivity contribution in [3.05, 3.63) is 69.7 Å². The molecule has 0 unspecified atom stereocenters. The summed E-state index contributed by atoms with van der Waals surface area (Å²) < 4.78 is 5.09. The molecule has 3 rings (SSSR count). The molecule has 0 aliphatic rings. The summed E-state index contributed by atoms with van der Waals surface area (Å²) in [5.41, 5.74) is 3.82. The standard InChI is InChI=1S/C20H19ClN2O2S/c1-13-3-5-14(6-4-13)20-23-16(12-26-20)9-10-22-19(24)15-7-8-18(25-2)17(21)11-15/h3-8,11-12H,9-10H2,1-2H3,(H,22,24). The van der Waals surface area contributed by atoms with E-state index in [-0.39, 0.29) is 5.91 Å². The Bertz CT molecular complexity index is 906. The van der Waals surface area contributed by atoms with Crippen LogP contribution in [0.15, 0.2) is 47.8 Å². The molecule has 0 spiro atoms. The van der Waals surface area contributed by atoms with E-state index >= 15 is 0 Å². The first-order valence-corrected chi connectivity index (χ1v) is 9.46. The van der Waals surface area contributed by atoms with Crippen molar-refractivity contribution in [2.75, 3.05) is 13.7 Å². The molecule has 1 heterocycles. The molecular weight excluding hydrogens is 368 g/mol. The Kier molecular flexibility index (Phi) is 5.91. The molecule has 1 aromatic heterocycles. The van der Waals surface area contributed by atoms with Gasteiger partial charge in [0.25, 0.3) is 5.91 Å². The van der Waals surface area contributed by atoms with E-state index in [0.29, 0.717) is 29.3 Å². The van der Waals surface area contributed by atoms with Crippen LogP contribution in [0.2, 0.25) is 5.02 Å². The summed E-state index contributed by atoms with van der Waals surface area (Å²) in [5.74, 6) is 0.387. The number of thiazole rings is 1. The molecule has 0 aliphatic heterocycles. The van der Waals surface area contributed by atoms with Gasteiger partial charge < -0.3 is 10.1 Å². The third kappa shape index (κ3) is 4.42. The maximum Gasteiger partial charge on any atom is 0.251 e. The van der Waals surface area contributed by atoms with Gasteiger partial charge in [-0.25, -0.2) is 4.98 Å². The minimum absolute atomic E-state index is 0.163. The lowest BCUT2D eigenvalue weighted by atomic mass is 10.2. The first-order valence-electron chi connectivity index (χ1n) is 8.20. The van der Waals surface area contributed by atoms with Crippen molar-refractivity contribution in [2.45, 2.75) is 13.3 Å². The molecule has 1 N–H and O–H groups in total. The number of hydrogen-bond acceptors (Lipinski definition) is 4. The third-order valence-electron chi connectivity index (χ3n) is 3.93. The molecular formula is C20H19ClN2O2S. The normalized spacial score (nSPS) is 10.6. The smallest absolute Gasteiger partial charge is 0.251 e. The average Bonchev–Trinajstić information content (AvgIpc) is 3.11. The zero-order chi connectivity index (χ0) is 18.5. The summed E-state index contributed by atoms with van der Waals surface area (Å²) >= 11 is 7.68. The highest BCUT2D eigenvalue weighted by Gasteiger charge is 2.10. The van der Waals surface area contributed by atoms with E-state index in [1.807, 2.05) is 5.38 Å². The van der Waals surface area contributed by atoms with Crippen LogP contribution >= 0.6 is 22.9 Å². The van der Waals surface area contributed by atoms with Gasteiger partial charge in [-0.2, -0.15) is 0 Å². The van der Waals surface area contributed by atoms with Gasteiger partial charge in [0.05, 0.1) is 17.8 Å². The Morgan fingerprint density at radius 3 is 2.69 bits per heavy atom. The van der Waals surface area contributed by atoms with Gasteiger partial charge in [-0.05, 0) is 25.1 Å². The Hall–Kier alpha value is -2.37. The Morgan fingerprint density at radius 2 is 2.00 bits per heavy atom. The van der Waals surface area contributed by atoms with Gasteiger partial charge in [0, 0.05) is 29.5 Å². The number of carbonyl (C=O) groups excluding carboxylic acids is 1. The molecule has 0 atom stereocenters. The van der Waals surface area contributed by atoms with Crippen LogP contribution in [0.5, 0.6) is 5.75 Å². The summed E-state index contributed by atoms with van der Waals surface area (Å²) in [5, 5.41) is 6.34. The molecule has 26 heavy (non-hydrogen) atoms. The lowest BCUT2D eigenvalue weighted by molar-refractivity contribution is 0.0954. The van der Waals surface area contributed by atoms with Crippen molar-refractivity contribution in [1.82, 2.24) is 10.3 Å². The number of hydrogen-bond donors (Lipinski definition) is 1. The zero-order valence-electron chi connectivity index (χ0n) is 14.6. The van der Waals surface area contributed by atoms with Gasteiger partial charge in [0.1, 0.15) is 10.8 Å². The number of aromatic nitrogens is 1. The number of amides is 1. The van der Waals surface area contributed by atoms with Gasteiger partial charge in [0.2, 0.25) is 0 Å². The summed E-state index contributed by atoms with van der Waals surface area (Å²) in [7, 11) is 1.54. The lowest BCUT2D eigenvalue weighted by Crippen LogP contribution is -2.25. The fourth-order valence-corrected chi connectivity index (χ4v) is 3.58. The molecule has 0 saturated carbocycles. The molecule has 2 aromatic carbocycles. The SMILES string of the molecule is COc1ccc(C(=O)NCCc2csc(-c3ccc(C)cc3)n2)cc1Cl. The van der Waals surface area contributed by atoms with Gasteiger partial charge >= 0.3 is 0 Å². The van der Waals surface area contributed by atoms with Crippen LogP contribution in [0, 0.1) is 6.92 Å².